The molecule has 0 N–H and O–H groups in total. The number of carbonyl (C=O) groups excluding carboxylic acids is 1. The molecule has 1 saturated carbocycles. The zero-order valence-corrected chi connectivity index (χ0v) is 11.6. The predicted octanol–water partition coefficient (Wildman–Crippen LogP) is 2.70. The molecule has 1 aliphatic carbocycles. The molecule has 0 bridgehead atoms. The summed E-state index contributed by atoms with van der Waals surface area (Å²) in [6.45, 7) is 9.95. The summed E-state index contributed by atoms with van der Waals surface area (Å²) in [6, 6.07) is 0. The van der Waals surface area contributed by atoms with Crippen LogP contribution >= 0.6 is 0 Å². The van der Waals surface area contributed by atoms with E-state index in [4.69, 9.17) is 4.74 Å². The standard InChI is InChI=1S/C14H27NO2/c1-4-15(5-2)9-10-17-14(16)13-8-6-7-12(3)11-13/h12-13H,4-11H2,1-3H3. The number of carbonyl (C=O) groups is 1. The van der Waals surface area contributed by atoms with Crippen molar-refractivity contribution in [2.45, 2.75) is 46.5 Å². The first-order valence-corrected chi connectivity index (χ1v) is 7.06. The van der Waals surface area contributed by atoms with Gasteiger partial charge in [-0.3, -0.25) is 4.79 Å². The van der Waals surface area contributed by atoms with Crippen molar-refractivity contribution in [3.63, 3.8) is 0 Å². The van der Waals surface area contributed by atoms with Gasteiger partial charge in [0.25, 0.3) is 0 Å². The Hall–Kier alpha value is -0.570. The first kappa shape index (κ1) is 14.5. The Kier molecular flexibility index (Phi) is 6.56. The number of ether oxygens (including phenoxy) is 1. The molecule has 0 heterocycles. The minimum atomic E-state index is 0.0312. The second-order valence-electron chi connectivity index (χ2n) is 5.16. The number of hydrogen-bond acceptors (Lipinski definition) is 3. The van der Waals surface area contributed by atoms with Gasteiger partial charge < -0.3 is 9.64 Å². The molecule has 2 atom stereocenters. The molecule has 0 spiro atoms. The molecule has 0 aromatic rings. The van der Waals surface area contributed by atoms with E-state index >= 15 is 0 Å². The zero-order chi connectivity index (χ0) is 12.7. The van der Waals surface area contributed by atoms with Gasteiger partial charge >= 0.3 is 5.97 Å². The molecular weight excluding hydrogens is 214 g/mol. The number of rotatable bonds is 6. The zero-order valence-electron chi connectivity index (χ0n) is 11.6. The fourth-order valence-electron chi connectivity index (χ4n) is 2.58. The summed E-state index contributed by atoms with van der Waals surface area (Å²) in [5.41, 5.74) is 0. The minimum absolute atomic E-state index is 0.0312. The van der Waals surface area contributed by atoms with Crippen LogP contribution in [0.25, 0.3) is 0 Å². The minimum Gasteiger partial charge on any atom is -0.464 e. The lowest BCUT2D eigenvalue weighted by Crippen LogP contribution is -2.30. The Bertz CT molecular complexity index is 226. The van der Waals surface area contributed by atoms with E-state index in [-0.39, 0.29) is 11.9 Å². The van der Waals surface area contributed by atoms with Crippen molar-refractivity contribution in [1.29, 1.82) is 0 Å². The molecule has 0 aliphatic heterocycles. The molecule has 100 valence electrons. The number of nitrogens with zero attached hydrogens (tertiary/aromatic N) is 1. The Balaban J connectivity index is 2.20. The fourth-order valence-corrected chi connectivity index (χ4v) is 2.58. The average molecular weight is 241 g/mol. The second kappa shape index (κ2) is 7.70. The highest BCUT2D eigenvalue weighted by atomic mass is 16.5. The van der Waals surface area contributed by atoms with E-state index in [0.717, 1.165) is 32.5 Å². The van der Waals surface area contributed by atoms with Gasteiger partial charge in [-0.15, -0.1) is 0 Å². The normalized spacial score (nSPS) is 24.9. The highest BCUT2D eigenvalue weighted by molar-refractivity contribution is 5.72. The second-order valence-corrected chi connectivity index (χ2v) is 5.16. The van der Waals surface area contributed by atoms with Gasteiger partial charge in [0, 0.05) is 6.54 Å². The van der Waals surface area contributed by atoms with Gasteiger partial charge in [-0.1, -0.05) is 33.6 Å². The summed E-state index contributed by atoms with van der Waals surface area (Å²) in [6.07, 6.45) is 4.48. The monoisotopic (exact) mass is 241 g/mol. The van der Waals surface area contributed by atoms with Crippen LogP contribution in [-0.2, 0) is 9.53 Å². The number of hydrogen-bond donors (Lipinski definition) is 0. The van der Waals surface area contributed by atoms with E-state index in [1.165, 1.54) is 12.8 Å². The van der Waals surface area contributed by atoms with Gasteiger partial charge in [-0.25, -0.2) is 0 Å². The first-order chi connectivity index (χ1) is 8.17. The van der Waals surface area contributed by atoms with E-state index in [0.29, 0.717) is 12.5 Å². The topological polar surface area (TPSA) is 29.5 Å². The third-order valence-corrected chi connectivity index (χ3v) is 3.82. The van der Waals surface area contributed by atoms with Gasteiger partial charge in [-0.05, 0) is 31.8 Å². The smallest absolute Gasteiger partial charge is 0.308 e. The molecule has 0 amide bonds. The maximum Gasteiger partial charge on any atom is 0.308 e. The van der Waals surface area contributed by atoms with Crippen molar-refractivity contribution in [1.82, 2.24) is 4.90 Å². The molecule has 0 radical (unpaired) electrons. The lowest BCUT2D eigenvalue weighted by Gasteiger charge is -2.25. The van der Waals surface area contributed by atoms with Crippen molar-refractivity contribution in [2.24, 2.45) is 11.8 Å². The number of likely N-dealkylation sites (N-methyl/N-ethyl adjacent to an activating group) is 1. The van der Waals surface area contributed by atoms with Crippen LogP contribution in [-0.4, -0.2) is 37.1 Å². The summed E-state index contributed by atoms with van der Waals surface area (Å²) in [5.74, 6) is 0.878. The van der Waals surface area contributed by atoms with Crippen LogP contribution in [0.1, 0.15) is 46.5 Å². The van der Waals surface area contributed by atoms with Crippen LogP contribution in [0.4, 0.5) is 0 Å². The van der Waals surface area contributed by atoms with Crippen LogP contribution in [0.2, 0.25) is 0 Å². The van der Waals surface area contributed by atoms with E-state index < -0.39 is 0 Å². The number of esters is 1. The molecule has 3 nitrogen and oxygen atoms in total. The molecule has 1 fully saturated rings. The highest BCUT2D eigenvalue weighted by Crippen LogP contribution is 2.29. The lowest BCUT2D eigenvalue weighted by molar-refractivity contribution is -0.150. The Morgan fingerprint density at radius 2 is 2.00 bits per heavy atom. The van der Waals surface area contributed by atoms with Crippen LogP contribution in [0.15, 0.2) is 0 Å². The summed E-state index contributed by atoms with van der Waals surface area (Å²) in [5, 5.41) is 0. The summed E-state index contributed by atoms with van der Waals surface area (Å²) < 4.78 is 5.38. The predicted molar refractivity (Wildman–Crippen MR) is 69.9 cm³/mol. The fraction of sp³-hybridized carbons (Fsp3) is 0.929. The van der Waals surface area contributed by atoms with E-state index in [1.54, 1.807) is 0 Å². The van der Waals surface area contributed by atoms with Crippen molar-refractivity contribution < 1.29 is 9.53 Å². The summed E-state index contributed by atoms with van der Waals surface area (Å²) in [4.78, 5) is 14.1. The average Bonchev–Trinajstić information content (AvgIpc) is 2.34. The van der Waals surface area contributed by atoms with Crippen molar-refractivity contribution in [3.8, 4) is 0 Å². The lowest BCUT2D eigenvalue weighted by atomic mass is 9.82. The molecule has 17 heavy (non-hydrogen) atoms. The first-order valence-electron chi connectivity index (χ1n) is 7.06. The van der Waals surface area contributed by atoms with Crippen LogP contribution in [0.5, 0.6) is 0 Å². The van der Waals surface area contributed by atoms with E-state index in [2.05, 4.69) is 25.7 Å². The van der Waals surface area contributed by atoms with E-state index in [1.807, 2.05) is 0 Å². The molecule has 1 rings (SSSR count). The van der Waals surface area contributed by atoms with Crippen LogP contribution in [0, 0.1) is 11.8 Å². The molecule has 2 unspecified atom stereocenters. The molecule has 3 heteroatoms. The Morgan fingerprint density at radius 1 is 1.29 bits per heavy atom. The SMILES string of the molecule is CCN(CC)CCOC(=O)C1CCCC(C)C1. The third kappa shape index (κ3) is 5.07. The molecular formula is C14H27NO2. The van der Waals surface area contributed by atoms with Gasteiger partial charge in [0.2, 0.25) is 0 Å². The quantitative estimate of drug-likeness (QED) is 0.670. The van der Waals surface area contributed by atoms with Gasteiger partial charge in [-0.2, -0.15) is 0 Å². The highest BCUT2D eigenvalue weighted by Gasteiger charge is 2.26. The van der Waals surface area contributed by atoms with Gasteiger partial charge in [0.15, 0.2) is 0 Å². The van der Waals surface area contributed by atoms with Crippen LogP contribution in [0.3, 0.4) is 0 Å². The van der Waals surface area contributed by atoms with Gasteiger partial charge in [0.05, 0.1) is 5.92 Å². The summed E-state index contributed by atoms with van der Waals surface area (Å²) in [7, 11) is 0. The van der Waals surface area contributed by atoms with Crippen molar-refractivity contribution in [2.75, 3.05) is 26.2 Å². The maximum atomic E-state index is 11.9. The molecule has 1 aliphatic rings. The van der Waals surface area contributed by atoms with Crippen LogP contribution < -0.4 is 0 Å². The largest absolute Gasteiger partial charge is 0.464 e. The third-order valence-electron chi connectivity index (χ3n) is 3.82. The van der Waals surface area contributed by atoms with Gasteiger partial charge in [0.1, 0.15) is 6.61 Å². The van der Waals surface area contributed by atoms with Crippen molar-refractivity contribution in [3.05, 3.63) is 0 Å². The maximum absolute atomic E-state index is 11.9. The van der Waals surface area contributed by atoms with Crippen molar-refractivity contribution >= 4 is 5.97 Å². The van der Waals surface area contributed by atoms with E-state index in [9.17, 15) is 4.79 Å². The summed E-state index contributed by atoms with van der Waals surface area (Å²) >= 11 is 0. The Morgan fingerprint density at radius 3 is 2.59 bits per heavy atom. The molecule has 0 aromatic carbocycles. The molecule has 0 saturated heterocycles. The molecule has 0 aromatic heterocycles. The Labute approximate surface area is 106 Å².